The second-order valence-corrected chi connectivity index (χ2v) is 8.15. The Labute approximate surface area is 181 Å². The molecule has 0 N–H and O–H groups in total. The number of benzene rings is 2. The Morgan fingerprint density at radius 2 is 1.94 bits per heavy atom. The van der Waals surface area contributed by atoms with Gasteiger partial charge in [-0.05, 0) is 17.7 Å². The number of aromatic nitrogens is 4. The molecule has 2 aromatic carbocycles. The van der Waals surface area contributed by atoms with Crippen LogP contribution in [-0.2, 0) is 13.6 Å². The number of hydrogen-bond donors (Lipinski definition) is 0. The zero-order valence-corrected chi connectivity index (χ0v) is 17.7. The van der Waals surface area contributed by atoms with Crippen molar-refractivity contribution in [2.45, 2.75) is 6.54 Å². The number of nitrogens with zero attached hydrogens (tertiary/aromatic N) is 4. The van der Waals surface area contributed by atoms with E-state index in [1.54, 1.807) is 37.1 Å². The van der Waals surface area contributed by atoms with Crippen LogP contribution in [-0.4, -0.2) is 32.2 Å². The van der Waals surface area contributed by atoms with Crippen LogP contribution < -0.4 is 10.3 Å². The van der Waals surface area contributed by atoms with Crippen LogP contribution in [0.1, 0.15) is 20.9 Å². The lowest BCUT2D eigenvalue weighted by atomic mass is 10.1. The summed E-state index contributed by atoms with van der Waals surface area (Å²) < 4.78 is 9.22. The van der Waals surface area contributed by atoms with Crippen molar-refractivity contribution in [3.8, 4) is 5.75 Å². The molecule has 5 rings (SSSR count). The lowest BCUT2D eigenvalue weighted by molar-refractivity contribution is 0.103. The van der Waals surface area contributed by atoms with Gasteiger partial charge >= 0.3 is 0 Å². The summed E-state index contributed by atoms with van der Waals surface area (Å²) in [6.45, 7) is 0.329. The largest absolute Gasteiger partial charge is 0.497 e. The molecule has 0 aliphatic carbocycles. The molecule has 0 spiro atoms. The maximum atomic E-state index is 13.2. The standard InChI is InChI=1S/C23H18N4O3S/c1-26-18-17(12-24-27(23(18)29)13-14-7-6-10-16(11-14)30-2)20-21(26)25-22(31-20)19(28)15-8-4-3-5-9-15/h3-12H,13H2,1-2H3. The van der Waals surface area contributed by atoms with Gasteiger partial charge in [0, 0.05) is 18.0 Å². The van der Waals surface area contributed by atoms with E-state index in [0.29, 0.717) is 33.7 Å². The van der Waals surface area contributed by atoms with Crippen LogP contribution in [0.5, 0.6) is 5.75 Å². The number of ketones is 1. The molecule has 7 nitrogen and oxygen atoms in total. The zero-order chi connectivity index (χ0) is 21.5. The summed E-state index contributed by atoms with van der Waals surface area (Å²) in [7, 11) is 3.40. The molecule has 31 heavy (non-hydrogen) atoms. The molecule has 3 aromatic heterocycles. The zero-order valence-electron chi connectivity index (χ0n) is 16.9. The first kappa shape index (κ1) is 19.2. The summed E-state index contributed by atoms with van der Waals surface area (Å²) in [6, 6.07) is 16.6. The molecule has 154 valence electrons. The van der Waals surface area contributed by atoms with Gasteiger partial charge in [-0.15, -0.1) is 11.3 Å². The third kappa shape index (κ3) is 3.21. The fourth-order valence-electron chi connectivity index (χ4n) is 3.66. The van der Waals surface area contributed by atoms with Gasteiger partial charge in [0.2, 0.25) is 5.78 Å². The molecular weight excluding hydrogens is 412 g/mol. The van der Waals surface area contributed by atoms with Crippen LogP contribution in [0.4, 0.5) is 0 Å². The first-order valence-corrected chi connectivity index (χ1v) is 10.5. The smallest absolute Gasteiger partial charge is 0.291 e. The van der Waals surface area contributed by atoms with Crippen LogP contribution in [0.25, 0.3) is 21.3 Å². The number of thiazole rings is 1. The van der Waals surface area contributed by atoms with Crippen LogP contribution >= 0.6 is 11.3 Å². The Bertz CT molecular complexity index is 1500. The lowest BCUT2D eigenvalue weighted by Crippen LogP contribution is -2.24. The highest BCUT2D eigenvalue weighted by molar-refractivity contribution is 7.21. The number of rotatable bonds is 5. The Hall–Kier alpha value is -3.78. The molecule has 0 bridgehead atoms. The van der Waals surface area contributed by atoms with Gasteiger partial charge in [-0.2, -0.15) is 5.10 Å². The van der Waals surface area contributed by atoms with Crippen molar-refractivity contribution in [2.75, 3.05) is 7.11 Å². The third-order valence-electron chi connectivity index (χ3n) is 5.22. The highest BCUT2D eigenvalue weighted by atomic mass is 32.1. The van der Waals surface area contributed by atoms with Crippen molar-refractivity contribution in [2.24, 2.45) is 7.05 Å². The Kier molecular flexibility index (Phi) is 4.63. The number of methoxy groups -OCH3 is 1. The van der Waals surface area contributed by atoms with Gasteiger partial charge in [-0.25, -0.2) is 9.67 Å². The Morgan fingerprint density at radius 3 is 2.71 bits per heavy atom. The Morgan fingerprint density at radius 1 is 1.13 bits per heavy atom. The summed E-state index contributed by atoms with van der Waals surface area (Å²) in [5, 5.41) is 5.48. The SMILES string of the molecule is COc1cccc(Cn2ncc3c4sc(C(=O)c5ccccc5)nc4n(C)c3c2=O)c1. The van der Waals surface area contributed by atoms with Gasteiger partial charge in [0.1, 0.15) is 11.3 Å². The van der Waals surface area contributed by atoms with Crippen molar-refractivity contribution >= 4 is 38.4 Å². The molecule has 3 heterocycles. The molecule has 0 unspecified atom stereocenters. The minimum atomic E-state index is -0.205. The van der Waals surface area contributed by atoms with E-state index in [1.165, 1.54) is 16.0 Å². The van der Waals surface area contributed by atoms with Gasteiger partial charge in [0.05, 0.1) is 24.6 Å². The molecule has 0 fully saturated rings. The summed E-state index contributed by atoms with van der Waals surface area (Å²) in [4.78, 5) is 30.5. The molecule has 0 radical (unpaired) electrons. The van der Waals surface area contributed by atoms with Crippen LogP contribution in [0.2, 0.25) is 0 Å². The van der Waals surface area contributed by atoms with E-state index in [4.69, 9.17) is 4.74 Å². The number of carbonyl (C=O) groups is 1. The number of fused-ring (bicyclic) bond motifs is 3. The van der Waals surface area contributed by atoms with Gasteiger partial charge in [0.25, 0.3) is 5.56 Å². The van der Waals surface area contributed by atoms with E-state index in [-0.39, 0.29) is 11.3 Å². The van der Waals surface area contributed by atoms with Crippen LogP contribution in [0, 0.1) is 0 Å². The van der Waals surface area contributed by atoms with Crippen LogP contribution in [0.3, 0.4) is 0 Å². The molecule has 0 aliphatic rings. The predicted octanol–water partition coefficient (Wildman–Crippen LogP) is 3.63. The first-order valence-electron chi connectivity index (χ1n) is 9.64. The second-order valence-electron chi connectivity index (χ2n) is 7.15. The number of hydrogen-bond acceptors (Lipinski definition) is 6. The van der Waals surface area contributed by atoms with Crippen LogP contribution in [0.15, 0.2) is 65.6 Å². The van der Waals surface area contributed by atoms with E-state index >= 15 is 0 Å². The molecule has 5 aromatic rings. The molecular formula is C23H18N4O3S. The van der Waals surface area contributed by atoms with Crippen molar-refractivity contribution in [1.29, 1.82) is 0 Å². The number of ether oxygens (including phenoxy) is 1. The summed E-state index contributed by atoms with van der Waals surface area (Å²) in [5.41, 5.74) is 2.43. The van der Waals surface area contributed by atoms with Gasteiger partial charge in [0.15, 0.2) is 10.7 Å². The number of carbonyl (C=O) groups excluding carboxylic acids is 1. The molecule has 0 atom stereocenters. The van der Waals surface area contributed by atoms with E-state index in [2.05, 4.69) is 10.1 Å². The summed E-state index contributed by atoms with van der Waals surface area (Å²) in [6.07, 6.45) is 1.67. The van der Waals surface area contributed by atoms with Gasteiger partial charge in [-0.1, -0.05) is 42.5 Å². The molecule has 8 heteroatoms. The summed E-state index contributed by atoms with van der Waals surface area (Å²) in [5.74, 6) is 0.597. The minimum absolute atomic E-state index is 0.130. The highest BCUT2D eigenvalue weighted by Crippen LogP contribution is 2.31. The van der Waals surface area contributed by atoms with Crippen molar-refractivity contribution in [1.82, 2.24) is 19.3 Å². The van der Waals surface area contributed by atoms with Crippen molar-refractivity contribution in [3.05, 3.63) is 87.3 Å². The summed E-state index contributed by atoms with van der Waals surface area (Å²) >= 11 is 1.29. The molecule has 0 saturated carbocycles. The van der Waals surface area contributed by atoms with Gasteiger partial charge in [-0.3, -0.25) is 9.59 Å². The monoisotopic (exact) mass is 430 g/mol. The maximum absolute atomic E-state index is 13.2. The lowest BCUT2D eigenvalue weighted by Gasteiger charge is -2.07. The van der Waals surface area contributed by atoms with E-state index < -0.39 is 0 Å². The van der Waals surface area contributed by atoms with Crippen molar-refractivity contribution < 1.29 is 9.53 Å². The third-order valence-corrected chi connectivity index (χ3v) is 6.30. The highest BCUT2D eigenvalue weighted by Gasteiger charge is 2.21. The van der Waals surface area contributed by atoms with E-state index in [0.717, 1.165) is 16.0 Å². The minimum Gasteiger partial charge on any atom is -0.497 e. The molecule has 0 aliphatic heterocycles. The number of aryl methyl sites for hydroxylation is 1. The maximum Gasteiger partial charge on any atom is 0.291 e. The topological polar surface area (TPSA) is 79.0 Å². The average Bonchev–Trinajstić information content (AvgIpc) is 3.35. The Balaban J connectivity index is 1.58. The predicted molar refractivity (Wildman–Crippen MR) is 120 cm³/mol. The quantitative estimate of drug-likeness (QED) is 0.398. The first-order chi connectivity index (χ1) is 15.1. The fraction of sp³-hybridized carbons (Fsp3) is 0.130. The van der Waals surface area contributed by atoms with Gasteiger partial charge < -0.3 is 9.30 Å². The van der Waals surface area contributed by atoms with E-state index in [9.17, 15) is 9.59 Å². The van der Waals surface area contributed by atoms with Crippen molar-refractivity contribution in [3.63, 3.8) is 0 Å². The second kappa shape index (κ2) is 7.48. The van der Waals surface area contributed by atoms with E-state index in [1.807, 2.05) is 42.5 Å². The fourth-order valence-corrected chi connectivity index (χ4v) is 4.73. The average molecular weight is 430 g/mol. The molecule has 0 saturated heterocycles. The molecule has 0 amide bonds. The normalized spacial score (nSPS) is 11.3.